The Kier molecular flexibility index (Phi) is 4.76. The van der Waals surface area contributed by atoms with Gasteiger partial charge in [-0.25, -0.2) is 14.2 Å². The lowest BCUT2D eigenvalue weighted by Crippen LogP contribution is -2.42. The van der Waals surface area contributed by atoms with Crippen LogP contribution in [-0.2, 0) is 9.59 Å². The third-order valence-electron chi connectivity index (χ3n) is 2.03. The lowest BCUT2D eigenvalue weighted by Gasteiger charge is -2.12. The Labute approximate surface area is 111 Å². The van der Waals surface area contributed by atoms with E-state index in [9.17, 15) is 18.8 Å². The van der Waals surface area contributed by atoms with Crippen LogP contribution in [0.4, 0.5) is 4.39 Å². The molecule has 0 aromatic carbocycles. The number of carbonyl (C=O) groups excluding carboxylic acids is 1. The average molecular weight is 291 g/mol. The van der Waals surface area contributed by atoms with Crippen LogP contribution in [0.15, 0.2) is 12.3 Å². The third kappa shape index (κ3) is 4.18. The molecule has 3 N–H and O–H groups in total. The van der Waals surface area contributed by atoms with Crippen molar-refractivity contribution in [1.29, 1.82) is 0 Å². The quantitative estimate of drug-likeness (QED) is 0.681. The number of carboxylic acids is 2. The number of rotatable bonds is 5. The summed E-state index contributed by atoms with van der Waals surface area (Å²) in [5, 5.41) is 18.8. The normalized spacial score (nSPS) is 11.7. The van der Waals surface area contributed by atoms with Crippen LogP contribution in [0.2, 0.25) is 5.15 Å². The van der Waals surface area contributed by atoms with Crippen molar-refractivity contribution in [2.24, 2.45) is 0 Å². The van der Waals surface area contributed by atoms with Crippen molar-refractivity contribution in [3.63, 3.8) is 0 Å². The van der Waals surface area contributed by atoms with Crippen molar-refractivity contribution < 1.29 is 29.0 Å². The summed E-state index contributed by atoms with van der Waals surface area (Å²) < 4.78 is 12.9. The number of nitrogens with zero attached hydrogens (tertiary/aromatic N) is 1. The summed E-state index contributed by atoms with van der Waals surface area (Å²) in [6.07, 6.45) is -0.0352. The topological polar surface area (TPSA) is 117 Å². The number of pyridine rings is 1. The molecule has 7 nitrogen and oxygen atoms in total. The van der Waals surface area contributed by atoms with Crippen molar-refractivity contribution >= 4 is 29.4 Å². The van der Waals surface area contributed by atoms with Crippen molar-refractivity contribution in [3.05, 3.63) is 28.8 Å². The second-order valence-electron chi connectivity index (χ2n) is 3.45. The number of halogens is 2. The summed E-state index contributed by atoms with van der Waals surface area (Å²) in [4.78, 5) is 36.2. The number of aromatic nitrogens is 1. The smallest absolute Gasteiger partial charge is 0.326 e. The summed E-state index contributed by atoms with van der Waals surface area (Å²) in [5.41, 5.74) is -0.377. The van der Waals surface area contributed by atoms with Gasteiger partial charge in [0.2, 0.25) is 0 Å². The molecule has 1 rings (SSSR count). The van der Waals surface area contributed by atoms with E-state index in [1.165, 1.54) is 0 Å². The number of carbonyl (C=O) groups is 3. The maximum atomic E-state index is 12.9. The van der Waals surface area contributed by atoms with Crippen molar-refractivity contribution in [2.75, 3.05) is 0 Å². The van der Waals surface area contributed by atoms with Crippen LogP contribution in [0.25, 0.3) is 0 Å². The Morgan fingerprint density at radius 2 is 2.05 bits per heavy atom. The largest absolute Gasteiger partial charge is 0.481 e. The number of amides is 1. The highest BCUT2D eigenvalue weighted by Gasteiger charge is 2.24. The average Bonchev–Trinajstić information content (AvgIpc) is 2.30. The highest BCUT2D eigenvalue weighted by molar-refractivity contribution is 6.32. The fourth-order valence-electron chi connectivity index (χ4n) is 1.19. The van der Waals surface area contributed by atoms with Crippen LogP contribution in [0.1, 0.15) is 16.8 Å². The van der Waals surface area contributed by atoms with Gasteiger partial charge < -0.3 is 15.5 Å². The summed E-state index contributed by atoms with van der Waals surface area (Å²) in [7, 11) is 0. The minimum Gasteiger partial charge on any atom is -0.481 e. The van der Waals surface area contributed by atoms with Gasteiger partial charge >= 0.3 is 11.9 Å². The van der Waals surface area contributed by atoms with Crippen molar-refractivity contribution in [2.45, 2.75) is 12.5 Å². The molecule has 0 fully saturated rings. The van der Waals surface area contributed by atoms with Gasteiger partial charge in [-0.15, -0.1) is 0 Å². The molecule has 0 aliphatic rings. The molecule has 102 valence electrons. The Hall–Kier alpha value is -2.22. The van der Waals surface area contributed by atoms with Gasteiger partial charge in [0.1, 0.15) is 17.0 Å². The molecule has 0 saturated carbocycles. The van der Waals surface area contributed by atoms with E-state index in [0.717, 1.165) is 12.3 Å². The zero-order chi connectivity index (χ0) is 14.6. The van der Waals surface area contributed by atoms with Gasteiger partial charge in [0, 0.05) is 0 Å². The first-order valence-electron chi connectivity index (χ1n) is 4.87. The minimum atomic E-state index is -1.65. The molecule has 0 radical (unpaired) electrons. The van der Waals surface area contributed by atoms with Gasteiger partial charge in [-0.2, -0.15) is 0 Å². The van der Waals surface area contributed by atoms with Crippen LogP contribution < -0.4 is 5.32 Å². The molecule has 0 bridgehead atoms. The molecule has 0 aliphatic heterocycles. The molecule has 9 heteroatoms. The molecule has 19 heavy (non-hydrogen) atoms. The van der Waals surface area contributed by atoms with E-state index in [1.54, 1.807) is 0 Å². The Morgan fingerprint density at radius 3 is 2.58 bits per heavy atom. The van der Waals surface area contributed by atoms with Crippen LogP contribution in [-0.4, -0.2) is 39.1 Å². The lowest BCUT2D eigenvalue weighted by molar-refractivity contribution is -0.145. The SMILES string of the molecule is O=C(O)C[C@H](NC(=O)c1cc(F)cnc1Cl)C(=O)O. The fraction of sp³-hybridized carbons (Fsp3) is 0.200. The van der Waals surface area contributed by atoms with Crippen LogP contribution in [0.3, 0.4) is 0 Å². The maximum absolute atomic E-state index is 12.9. The first kappa shape index (κ1) is 14.8. The van der Waals surface area contributed by atoms with Crippen LogP contribution >= 0.6 is 11.6 Å². The fourth-order valence-corrected chi connectivity index (χ4v) is 1.38. The second-order valence-corrected chi connectivity index (χ2v) is 3.81. The van der Waals surface area contributed by atoms with Gasteiger partial charge in [-0.05, 0) is 6.07 Å². The third-order valence-corrected chi connectivity index (χ3v) is 2.33. The molecule has 1 amide bonds. The Morgan fingerprint density at radius 1 is 1.42 bits per heavy atom. The molecule has 0 spiro atoms. The van der Waals surface area contributed by atoms with E-state index in [1.807, 2.05) is 5.32 Å². The van der Waals surface area contributed by atoms with Gasteiger partial charge in [-0.1, -0.05) is 11.6 Å². The zero-order valence-corrected chi connectivity index (χ0v) is 10.0. The number of carboxylic acid groups (broad SMARTS) is 2. The molecule has 1 aromatic heterocycles. The number of aliphatic carboxylic acids is 2. The zero-order valence-electron chi connectivity index (χ0n) is 9.26. The lowest BCUT2D eigenvalue weighted by atomic mass is 10.2. The number of nitrogens with one attached hydrogen (secondary N) is 1. The number of hydrogen-bond donors (Lipinski definition) is 3. The molecule has 0 saturated heterocycles. The molecule has 0 unspecified atom stereocenters. The van der Waals surface area contributed by atoms with E-state index in [4.69, 9.17) is 21.8 Å². The monoisotopic (exact) mass is 290 g/mol. The van der Waals surface area contributed by atoms with Gasteiger partial charge in [0.25, 0.3) is 5.91 Å². The highest BCUT2D eigenvalue weighted by atomic mass is 35.5. The van der Waals surface area contributed by atoms with E-state index < -0.39 is 36.1 Å². The molecular weight excluding hydrogens is 283 g/mol. The van der Waals surface area contributed by atoms with Gasteiger partial charge in [0.05, 0.1) is 18.2 Å². The summed E-state index contributed by atoms with van der Waals surface area (Å²) in [5.74, 6) is -4.79. The van der Waals surface area contributed by atoms with Crippen molar-refractivity contribution in [3.8, 4) is 0 Å². The minimum absolute atomic E-state index is 0.321. The van der Waals surface area contributed by atoms with Crippen LogP contribution in [0, 0.1) is 5.82 Å². The van der Waals surface area contributed by atoms with Crippen molar-refractivity contribution in [1.82, 2.24) is 10.3 Å². The maximum Gasteiger partial charge on any atom is 0.326 e. The Bertz CT molecular complexity index is 537. The van der Waals surface area contributed by atoms with E-state index in [-0.39, 0.29) is 10.7 Å². The predicted octanol–water partition coefficient (Wildman–Crippen LogP) is 0.532. The second kappa shape index (κ2) is 6.10. The first-order chi connectivity index (χ1) is 8.81. The first-order valence-corrected chi connectivity index (χ1v) is 5.25. The van der Waals surface area contributed by atoms with Crippen LogP contribution in [0.5, 0.6) is 0 Å². The van der Waals surface area contributed by atoms with Gasteiger partial charge in [0.15, 0.2) is 0 Å². The molecular formula is C10H8ClFN2O5. The Balaban J connectivity index is 2.90. The molecule has 1 heterocycles. The highest BCUT2D eigenvalue weighted by Crippen LogP contribution is 2.14. The predicted molar refractivity (Wildman–Crippen MR) is 60.3 cm³/mol. The van der Waals surface area contributed by atoms with Gasteiger partial charge in [-0.3, -0.25) is 9.59 Å². The standard InChI is InChI=1S/C10H8ClFN2O5/c11-8-5(1-4(12)3-13-8)9(17)14-6(10(18)19)2-7(15)16/h1,3,6H,2H2,(H,14,17)(H,15,16)(H,18,19)/t6-/m0/s1. The summed E-state index contributed by atoms with van der Waals surface area (Å²) >= 11 is 5.56. The van der Waals surface area contributed by atoms with E-state index in [0.29, 0.717) is 0 Å². The number of hydrogen-bond acceptors (Lipinski definition) is 4. The summed E-state index contributed by atoms with van der Waals surface area (Å²) in [6.45, 7) is 0. The molecule has 1 atom stereocenters. The molecule has 1 aromatic rings. The summed E-state index contributed by atoms with van der Waals surface area (Å²) in [6, 6.07) is -0.881. The van der Waals surface area contributed by atoms with E-state index in [2.05, 4.69) is 4.98 Å². The molecule has 0 aliphatic carbocycles. The van der Waals surface area contributed by atoms with E-state index >= 15 is 0 Å².